The third-order valence-corrected chi connectivity index (χ3v) is 3.57. The highest BCUT2D eigenvalue weighted by Gasteiger charge is 2.12. The Balaban J connectivity index is 2.34. The van der Waals surface area contributed by atoms with E-state index >= 15 is 0 Å². The lowest BCUT2D eigenvalue weighted by Crippen LogP contribution is -2.06. The molecule has 1 N–H and O–H groups in total. The molecular weight excluding hydrogens is 305 g/mol. The SMILES string of the molecule is Cc1cnc(C#N)cc1-c1cc(=O)c2c(F)cc(Cl)cc2[nH]1. The molecule has 0 fully saturated rings. The predicted molar refractivity (Wildman–Crippen MR) is 82.2 cm³/mol. The lowest BCUT2D eigenvalue weighted by atomic mass is 10.0. The average molecular weight is 314 g/mol. The number of H-pyrrole nitrogens is 1. The lowest BCUT2D eigenvalue weighted by molar-refractivity contribution is 0.639. The van der Waals surface area contributed by atoms with Gasteiger partial charge in [0.15, 0.2) is 5.43 Å². The van der Waals surface area contributed by atoms with Gasteiger partial charge in [0.2, 0.25) is 0 Å². The highest BCUT2D eigenvalue weighted by Crippen LogP contribution is 2.25. The Hall–Kier alpha value is -2.71. The van der Waals surface area contributed by atoms with E-state index in [2.05, 4.69) is 9.97 Å². The number of pyridine rings is 2. The molecule has 0 spiro atoms. The first kappa shape index (κ1) is 14.2. The minimum atomic E-state index is -0.667. The first-order valence-electron chi connectivity index (χ1n) is 6.39. The van der Waals surface area contributed by atoms with Crippen LogP contribution in [0.3, 0.4) is 0 Å². The molecule has 108 valence electrons. The number of nitrogens with zero attached hydrogens (tertiary/aromatic N) is 2. The molecule has 0 radical (unpaired) electrons. The number of nitrogens with one attached hydrogen (secondary N) is 1. The number of aromatic amines is 1. The van der Waals surface area contributed by atoms with Gasteiger partial charge in [-0.2, -0.15) is 5.26 Å². The molecule has 0 aliphatic heterocycles. The van der Waals surface area contributed by atoms with E-state index in [9.17, 15) is 9.18 Å². The van der Waals surface area contributed by atoms with Gasteiger partial charge in [0.1, 0.15) is 17.6 Å². The largest absolute Gasteiger partial charge is 0.354 e. The summed E-state index contributed by atoms with van der Waals surface area (Å²) in [6.07, 6.45) is 1.55. The van der Waals surface area contributed by atoms with Gasteiger partial charge in [0.05, 0.1) is 16.6 Å². The maximum Gasteiger partial charge on any atom is 0.192 e. The molecule has 0 unspecified atom stereocenters. The monoisotopic (exact) mass is 313 g/mol. The molecule has 0 bridgehead atoms. The topological polar surface area (TPSA) is 69.5 Å². The number of hydrogen-bond donors (Lipinski definition) is 1. The van der Waals surface area contributed by atoms with Crippen molar-refractivity contribution in [3.05, 3.63) is 62.8 Å². The van der Waals surface area contributed by atoms with Crippen LogP contribution >= 0.6 is 11.6 Å². The summed E-state index contributed by atoms with van der Waals surface area (Å²) < 4.78 is 13.9. The molecule has 3 aromatic rings. The Kier molecular flexibility index (Phi) is 3.39. The Morgan fingerprint density at radius 1 is 1.32 bits per heavy atom. The number of nitriles is 1. The van der Waals surface area contributed by atoms with Crippen molar-refractivity contribution in [3.63, 3.8) is 0 Å². The highest BCUT2D eigenvalue weighted by molar-refractivity contribution is 6.31. The molecular formula is C16H9ClFN3O. The van der Waals surface area contributed by atoms with Crippen molar-refractivity contribution >= 4 is 22.5 Å². The second-order valence-electron chi connectivity index (χ2n) is 4.85. The number of hydrogen-bond acceptors (Lipinski definition) is 3. The molecule has 2 aromatic heterocycles. The zero-order chi connectivity index (χ0) is 15.9. The van der Waals surface area contributed by atoms with Crippen molar-refractivity contribution in [2.45, 2.75) is 6.92 Å². The average Bonchev–Trinajstić information content (AvgIpc) is 2.46. The van der Waals surface area contributed by atoms with E-state index in [4.69, 9.17) is 16.9 Å². The zero-order valence-electron chi connectivity index (χ0n) is 11.4. The third kappa shape index (κ3) is 2.34. The van der Waals surface area contributed by atoms with E-state index in [1.54, 1.807) is 12.3 Å². The van der Waals surface area contributed by atoms with Gasteiger partial charge in [-0.25, -0.2) is 9.37 Å². The number of benzene rings is 1. The number of aromatic nitrogens is 2. The predicted octanol–water partition coefficient (Wildman–Crippen LogP) is 3.56. The van der Waals surface area contributed by atoms with Crippen LogP contribution in [0.25, 0.3) is 22.2 Å². The van der Waals surface area contributed by atoms with Gasteiger partial charge >= 0.3 is 0 Å². The van der Waals surface area contributed by atoms with E-state index in [1.165, 1.54) is 12.1 Å². The van der Waals surface area contributed by atoms with Crippen LogP contribution < -0.4 is 5.43 Å². The highest BCUT2D eigenvalue weighted by atomic mass is 35.5. The summed E-state index contributed by atoms with van der Waals surface area (Å²) in [6, 6.07) is 7.43. The molecule has 0 aliphatic carbocycles. The summed E-state index contributed by atoms with van der Waals surface area (Å²) in [7, 11) is 0. The van der Waals surface area contributed by atoms with Crippen LogP contribution in [0.4, 0.5) is 4.39 Å². The fraction of sp³-hybridized carbons (Fsp3) is 0.0625. The van der Waals surface area contributed by atoms with E-state index in [0.717, 1.165) is 11.6 Å². The molecule has 0 saturated heterocycles. The van der Waals surface area contributed by atoms with Crippen molar-refractivity contribution in [3.8, 4) is 17.3 Å². The molecule has 2 heterocycles. The summed E-state index contributed by atoms with van der Waals surface area (Å²) in [4.78, 5) is 19.1. The standard InChI is InChI=1S/C16H9ClFN3O/c1-8-7-20-10(6-19)4-11(8)13-5-15(22)16-12(18)2-9(17)3-14(16)21-13/h2-5,7H,1H3,(H,21,22). The maximum absolute atomic E-state index is 13.9. The third-order valence-electron chi connectivity index (χ3n) is 3.35. The molecule has 1 aromatic carbocycles. The Morgan fingerprint density at radius 3 is 2.82 bits per heavy atom. The summed E-state index contributed by atoms with van der Waals surface area (Å²) in [5.74, 6) is -0.667. The van der Waals surface area contributed by atoms with Crippen molar-refractivity contribution < 1.29 is 4.39 Å². The van der Waals surface area contributed by atoms with Crippen LogP contribution in [0.15, 0.2) is 35.3 Å². The van der Waals surface area contributed by atoms with Gasteiger partial charge < -0.3 is 4.98 Å². The van der Waals surface area contributed by atoms with Gasteiger partial charge in [-0.15, -0.1) is 0 Å². The van der Waals surface area contributed by atoms with Crippen molar-refractivity contribution in [2.24, 2.45) is 0 Å². The molecule has 0 atom stereocenters. The van der Waals surface area contributed by atoms with Crippen LogP contribution in [-0.2, 0) is 0 Å². The minimum Gasteiger partial charge on any atom is -0.354 e. The molecule has 0 amide bonds. The summed E-state index contributed by atoms with van der Waals surface area (Å²) in [5.41, 5.74) is 2.02. The Labute approximate surface area is 129 Å². The molecule has 4 nitrogen and oxygen atoms in total. The van der Waals surface area contributed by atoms with Crippen LogP contribution in [0.2, 0.25) is 5.02 Å². The van der Waals surface area contributed by atoms with Gasteiger partial charge in [-0.05, 0) is 30.7 Å². The van der Waals surface area contributed by atoms with Gasteiger partial charge in [0, 0.05) is 22.8 Å². The molecule has 3 rings (SSSR count). The van der Waals surface area contributed by atoms with Crippen LogP contribution in [0.1, 0.15) is 11.3 Å². The van der Waals surface area contributed by atoms with E-state index in [1.807, 2.05) is 13.0 Å². The lowest BCUT2D eigenvalue weighted by Gasteiger charge is -2.08. The fourth-order valence-corrected chi connectivity index (χ4v) is 2.53. The van der Waals surface area contributed by atoms with E-state index in [-0.39, 0.29) is 16.1 Å². The van der Waals surface area contributed by atoms with Crippen LogP contribution in [0.5, 0.6) is 0 Å². The van der Waals surface area contributed by atoms with E-state index in [0.29, 0.717) is 16.8 Å². The number of rotatable bonds is 1. The van der Waals surface area contributed by atoms with Crippen LogP contribution in [-0.4, -0.2) is 9.97 Å². The quantitative estimate of drug-likeness (QED) is 0.746. The van der Waals surface area contributed by atoms with Gasteiger partial charge in [-0.3, -0.25) is 4.79 Å². The normalized spacial score (nSPS) is 10.6. The van der Waals surface area contributed by atoms with Crippen molar-refractivity contribution in [1.82, 2.24) is 9.97 Å². The first-order valence-corrected chi connectivity index (χ1v) is 6.76. The van der Waals surface area contributed by atoms with E-state index < -0.39 is 11.2 Å². The summed E-state index contributed by atoms with van der Waals surface area (Å²) >= 11 is 5.84. The van der Waals surface area contributed by atoms with Gasteiger partial charge in [-0.1, -0.05) is 11.6 Å². The smallest absolute Gasteiger partial charge is 0.192 e. The first-order chi connectivity index (χ1) is 10.5. The van der Waals surface area contributed by atoms with Crippen molar-refractivity contribution in [1.29, 1.82) is 5.26 Å². The Bertz CT molecular complexity index is 1000. The zero-order valence-corrected chi connectivity index (χ0v) is 12.2. The molecule has 6 heteroatoms. The minimum absolute atomic E-state index is 0.0413. The number of halogens is 2. The molecule has 22 heavy (non-hydrogen) atoms. The van der Waals surface area contributed by atoms with Gasteiger partial charge in [0.25, 0.3) is 0 Å². The summed E-state index contributed by atoms with van der Waals surface area (Å²) in [6.45, 7) is 1.81. The number of aryl methyl sites for hydroxylation is 1. The van der Waals surface area contributed by atoms with Crippen molar-refractivity contribution in [2.75, 3.05) is 0 Å². The maximum atomic E-state index is 13.9. The molecule has 0 saturated carbocycles. The fourth-order valence-electron chi connectivity index (χ4n) is 2.33. The number of fused-ring (bicyclic) bond motifs is 1. The molecule has 0 aliphatic rings. The summed E-state index contributed by atoms with van der Waals surface area (Å²) in [5, 5.41) is 9.10. The second kappa shape index (κ2) is 5.24. The second-order valence-corrected chi connectivity index (χ2v) is 5.29. The Morgan fingerprint density at radius 2 is 2.09 bits per heavy atom. The van der Waals surface area contributed by atoms with Crippen LogP contribution in [0, 0.1) is 24.1 Å².